The summed E-state index contributed by atoms with van der Waals surface area (Å²) in [7, 11) is 0. The van der Waals surface area contributed by atoms with E-state index in [9.17, 15) is 4.79 Å². The van der Waals surface area contributed by atoms with Crippen LogP contribution in [0.5, 0.6) is 0 Å². The number of nitrogens with two attached hydrogens (primary N) is 1. The van der Waals surface area contributed by atoms with Gasteiger partial charge in [0.2, 0.25) is 0 Å². The summed E-state index contributed by atoms with van der Waals surface area (Å²) in [6.45, 7) is 4.33. The lowest BCUT2D eigenvalue weighted by Gasteiger charge is -2.06. The molecule has 0 aliphatic rings. The molecule has 0 radical (unpaired) electrons. The van der Waals surface area contributed by atoms with Gasteiger partial charge < -0.3 is 15.8 Å². The summed E-state index contributed by atoms with van der Waals surface area (Å²) in [6.07, 6.45) is 1.80. The van der Waals surface area contributed by atoms with Crippen molar-refractivity contribution in [2.75, 3.05) is 26.3 Å². The van der Waals surface area contributed by atoms with Crippen LogP contribution in [-0.4, -0.2) is 32.2 Å². The molecular weight excluding hydrogens is 288 g/mol. The maximum atomic E-state index is 11.9. The lowest BCUT2D eigenvalue weighted by Crippen LogP contribution is -2.25. The van der Waals surface area contributed by atoms with Crippen LogP contribution < -0.4 is 11.1 Å². The Labute approximate surface area is 131 Å². The fraction of sp³-hybridized carbons (Fsp3) is 0.438. The first-order valence-electron chi connectivity index (χ1n) is 7.03. The van der Waals surface area contributed by atoms with Crippen LogP contribution in [0, 0.1) is 11.8 Å². The zero-order valence-electron chi connectivity index (χ0n) is 12.2. The molecule has 0 spiro atoms. The molecular formula is C16H21ClN2O2. The second-order valence-corrected chi connectivity index (χ2v) is 4.83. The Hall–Kier alpha value is -1.54. The Kier molecular flexibility index (Phi) is 8.53. The average Bonchev–Trinajstić information content (AvgIpc) is 2.49. The smallest absolute Gasteiger partial charge is 0.251 e. The standard InChI is InChI=1S/C16H21ClN2O2/c1-2-10-21-11-4-9-19-16(20)14-7-6-13(5-3-8-18)15(17)12-14/h6-7,12H,2,4,8-11,18H2,1H3,(H,19,20). The normalized spacial score (nSPS) is 9.86. The molecule has 0 bridgehead atoms. The second-order valence-electron chi connectivity index (χ2n) is 4.42. The monoisotopic (exact) mass is 308 g/mol. The lowest BCUT2D eigenvalue weighted by atomic mass is 10.1. The number of carbonyl (C=O) groups is 1. The zero-order chi connectivity index (χ0) is 15.5. The van der Waals surface area contributed by atoms with Crippen LogP contribution in [0.1, 0.15) is 35.7 Å². The number of nitrogens with one attached hydrogen (secondary N) is 1. The predicted octanol–water partition coefficient (Wildman–Crippen LogP) is 2.20. The van der Waals surface area contributed by atoms with Gasteiger partial charge in [0.1, 0.15) is 0 Å². The quantitative estimate of drug-likeness (QED) is 0.599. The number of hydrogen-bond acceptors (Lipinski definition) is 3. The minimum atomic E-state index is -0.147. The third-order valence-electron chi connectivity index (χ3n) is 2.66. The molecule has 0 saturated heterocycles. The van der Waals surface area contributed by atoms with Gasteiger partial charge in [-0.05, 0) is 31.0 Å². The largest absolute Gasteiger partial charge is 0.381 e. The van der Waals surface area contributed by atoms with Gasteiger partial charge in [0.05, 0.1) is 11.6 Å². The number of carbonyl (C=O) groups excluding carboxylic acids is 1. The third kappa shape index (κ3) is 6.63. The van der Waals surface area contributed by atoms with Gasteiger partial charge in [-0.3, -0.25) is 4.79 Å². The van der Waals surface area contributed by atoms with Crippen LogP contribution in [0.4, 0.5) is 0 Å². The van der Waals surface area contributed by atoms with E-state index in [1.165, 1.54) is 0 Å². The molecule has 0 aromatic heterocycles. The van der Waals surface area contributed by atoms with E-state index < -0.39 is 0 Å². The van der Waals surface area contributed by atoms with Crippen molar-refractivity contribution in [3.05, 3.63) is 34.3 Å². The first-order valence-corrected chi connectivity index (χ1v) is 7.41. The Morgan fingerprint density at radius 1 is 1.43 bits per heavy atom. The van der Waals surface area contributed by atoms with Crippen molar-refractivity contribution in [2.24, 2.45) is 5.73 Å². The summed E-state index contributed by atoms with van der Waals surface area (Å²) >= 11 is 6.08. The predicted molar refractivity (Wildman–Crippen MR) is 85.4 cm³/mol. The Bertz CT molecular complexity index is 521. The first kappa shape index (κ1) is 17.5. The van der Waals surface area contributed by atoms with E-state index in [4.69, 9.17) is 22.1 Å². The first-order chi connectivity index (χ1) is 10.2. The molecule has 0 unspecified atom stereocenters. The van der Waals surface area contributed by atoms with Crippen LogP contribution in [0.25, 0.3) is 0 Å². The molecule has 0 saturated carbocycles. The molecule has 1 aromatic rings. The Balaban J connectivity index is 2.46. The molecule has 3 N–H and O–H groups in total. The van der Waals surface area contributed by atoms with E-state index in [0.717, 1.165) is 19.4 Å². The summed E-state index contributed by atoms with van der Waals surface area (Å²) in [5.41, 5.74) is 6.51. The van der Waals surface area contributed by atoms with Crippen molar-refractivity contribution in [3.8, 4) is 11.8 Å². The van der Waals surface area contributed by atoms with Gasteiger partial charge in [0, 0.05) is 30.9 Å². The fourth-order valence-corrected chi connectivity index (χ4v) is 1.86. The Morgan fingerprint density at radius 3 is 2.90 bits per heavy atom. The molecule has 0 atom stereocenters. The summed E-state index contributed by atoms with van der Waals surface area (Å²) in [6, 6.07) is 5.05. The SMILES string of the molecule is CCCOCCCNC(=O)c1ccc(C#CCN)c(Cl)c1. The summed E-state index contributed by atoms with van der Waals surface area (Å²) < 4.78 is 5.34. The number of hydrogen-bond donors (Lipinski definition) is 2. The molecule has 1 rings (SSSR count). The van der Waals surface area contributed by atoms with Crippen molar-refractivity contribution < 1.29 is 9.53 Å². The van der Waals surface area contributed by atoms with Gasteiger partial charge in [-0.1, -0.05) is 30.4 Å². The van der Waals surface area contributed by atoms with Gasteiger partial charge in [-0.25, -0.2) is 0 Å². The van der Waals surface area contributed by atoms with Gasteiger partial charge in [0.15, 0.2) is 0 Å². The van der Waals surface area contributed by atoms with Crippen molar-refractivity contribution in [3.63, 3.8) is 0 Å². The highest BCUT2D eigenvalue weighted by Crippen LogP contribution is 2.16. The molecule has 0 fully saturated rings. The topological polar surface area (TPSA) is 64.3 Å². The highest BCUT2D eigenvalue weighted by atomic mass is 35.5. The van der Waals surface area contributed by atoms with E-state index >= 15 is 0 Å². The third-order valence-corrected chi connectivity index (χ3v) is 2.97. The summed E-state index contributed by atoms with van der Waals surface area (Å²) in [5, 5.41) is 3.29. The van der Waals surface area contributed by atoms with Gasteiger partial charge in [-0.15, -0.1) is 0 Å². The molecule has 114 valence electrons. The highest BCUT2D eigenvalue weighted by Gasteiger charge is 2.07. The van der Waals surface area contributed by atoms with Crippen LogP contribution in [0.2, 0.25) is 5.02 Å². The van der Waals surface area contributed by atoms with Crippen molar-refractivity contribution in [1.82, 2.24) is 5.32 Å². The summed E-state index contributed by atoms with van der Waals surface area (Å²) in [4.78, 5) is 11.9. The summed E-state index contributed by atoms with van der Waals surface area (Å²) in [5.74, 6) is 5.44. The molecule has 0 aliphatic heterocycles. The van der Waals surface area contributed by atoms with E-state index in [1.54, 1.807) is 18.2 Å². The van der Waals surface area contributed by atoms with Gasteiger partial charge in [0.25, 0.3) is 5.91 Å². The Morgan fingerprint density at radius 2 is 2.24 bits per heavy atom. The number of benzene rings is 1. The van der Waals surface area contributed by atoms with Crippen LogP contribution in [0.15, 0.2) is 18.2 Å². The molecule has 0 aliphatic carbocycles. The number of amides is 1. The minimum Gasteiger partial charge on any atom is -0.381 e. The lowest BCUT2D eigenvalue weighted by molar-refractivity contribution is 0.0941. The van der Waals surface area contributed by atoms with E-state index in [0.29, 0.717) is 29.3 Å². The minimum absolute atomic E-state index is 0.147. The van der Waals surface area contributed by atoms with E-state index in [-0.39, 0.29) is 12.5 Å². The molecule has 1 amide bonds. The van der Waals surface area contributed by atoms with E-state index in [1.807, 2.05) is 0 Å². The van der Waals surface area contributed by atoms with Crippen LogP contribution >= 0.6 is 11.6 Å². The molecule has 21 heavy (non-hydrogen) atoms. The number of halogens is 1. The zero-order valence-corrected chi connectivity index (χ0v) is 13.0. The van der Waals surface area contributed by atoms with Crippen molar-refractivity contribution >= 4 is 17.5 Å². The maximum absolute atomic E-state index is 11.9. The molecule has 4 nitrogen and oxygen atoms in total. The van der Waals surface area contributed by atoms with Gasteiger partial charge in [-0.2, -0.15) is 0 Å². The maximum Gasteiger partial charge on any atom is 0.251 e. The fourth-order valence-electron chi connectivity index (χ4n) is 1.63. The van der Waals surface area contributed by atoms with Gasteiger partial charge >= 0.3 is 0 Å². The highest BCUT2D eigenvalue weighted by molar-refractivity contribution is 6.32. The second kappa shape index (κ2) is 10.2. The number of rotatable bonds is 7. The average molecular weight is 309 g/mol. The molecule has 1 aromatic carbocycles. The van der Waals surface area contributed by atoms with E-state index in [2.05, 4.69) is 24.1 Å². The molecule has 5 heteroatoms. The number of ether oxygens (including phenoxy) is 1. The van der Waals surface area contributed by atoms with Crippen molar-refractivity contribution in [2.45, 2.75) is 19.8 Å². The van der Waals surface area contributed by atoms with Crippen LogP contribution in [-0.2, 0) is 4.74 Å². The van der Waals surface area contributed by atoms with Crippen molar-refractivity contribution in [1.29, 1.82) is 0 Å². The van der Waals surface area contributed by atoms with Crippen LogP contribution in [0.3, 0.4) is 0 Å². The molecule has 0 heterocycles.